The molecule has 2 aliphatic heterocycles. The van der Waals surface area contributed by atoms with Crippen LogP contribution in [0.25, 0.3) is 0 Å². The molecule has 4 nitrogen and oxygen atoms in total. The number of anilines is 1. The normalized spacial score (nSPS) is 26.6. The van der Waals surface area contributed by atoms with Crippen LogP contribution in [0.15, 0.2) is 54.6 Å². The fraction of sp³-hybridized carbons (Fsp3) is 0.235. The van der Waals surface area contributed by atoms with E-state index >= 15 is 0 Å². The predicted molar refractivity (Wildman–Crippen MR) is 80.3 cm³/mol. The summed E-state index contributed by atoms with van der Waals surface area (Å²) in [4.78, 5) is 14.3. The molecule has 21 heavy (non-hydrogen) atoms. The number of benzene rings is 2. The van der Waals surface area contributed by atoms with E-state index in [0.717, 1.165) is 23.4 Å². The van der Waals surface area contributed by atoms with Crippen molar-refractivity contribution < 1.29 is 9.53 Å². The molecule has 1 saturated heterocycles. The first-order valence-corrected chi connectivity index (χ1v) is 7.11. The van der Waals surface area contributed by atoms with Crippen LogP contribution in [0.2, 0.25) is 0 Å². The molecule has 2 aliphatic rings. The van der Waals surface area contributed by atoms with E-state index in [2.05, 4.69) is 5.32 Å². The van der Waals surface area contributed by atoms with E-state index < -0.39 is 5.72 Å². The van der Waals surface area contributed by atoms with Gasteiger partial charge in [0.15, 0.2) is 5.72 Å². The molecule has 0 aromatic heterocycles. The monoisotopic (exact) mass is 280 g/mol. The molecule has 0 spiro atoms. The lowest BCUT2D eigenvalue weighted by molar-refractivity contribution is 0.0379. The maximum absolute atomic E-state index is 12.6. The van der Waals surface area contributed by atoms with Crippen LogP contribution in [0.1, 0.15) is 24.9 Å². The summed E-state index contributed by atoms with van der Waals surface area (Å²) in [5.74, 6) is 0.845. The highest BCUT2D eigenvalue weighted by molar-refractivity contribution is 5.94. The van der Waals surface area contributed by atoms with Crippen molar-refractivity contribution in [2.75, 3.05) is 4.90 Å². The lowest BCUT2D eigenvalue weighted by Gasteiger charge is -2.50. The minimum atomic E-state index is -0.664. The Morgan fingerprint density at radius 2 is 1.86 bits per heavy atom. The van der Waals surface area contributed by atoms with Crippen LogP contribution in [-0.2, 0) is 0 Å². The smallest absolute Gasteiger partial charge is 0.325 e. The number of carbonyl (C=O) groups excluding carboxylic acids is 1. The van der Waals surface area contributed by atoms with Gasteiger partial charge >= 0.3 is 6.03 Å². The lowest BCUT2D eigenvalue weighted by atomic mass is 9.90. The Bertz CT molecular complexity index is 701. The molecule has 2 aromatic carbocycles. The van der Waals surface area contributed by atoms with Gasteiger partial charge < -0.3 is 10.1 Å². The first-order chi connectivity index (χ1) is 10.2. The van der Waals surface area contributed by atoms with Crippen molar-refractivity contribution in [2.24, 2.45) is 0 Å². The highest BCUT2D eigenvalue weighted by Crippen LogP contribution is 2.45. The molecule has 4 heteroatoms. The van der Waals surface area contributed by atoms with Crippen molar-refractivity contribution in [1.82, 2.24) is 5.32 Å². The van der Waals surface area contributed by atoms with E-state index in [-0.39, 0.29) is 12.1 Å². The van der Waals surface area contributed by atoms with Gasteiger partial charge in [0.2, 0.25) is 0 Å². The van der Waals surface area contributed by atoms with Gasteiger partial charge in [-0.15, -0.1) is 0 Å². The molecular formula is C17H16N2O2. The van der Waals surface area contributed by atoms with Gasteiger partial charge in [-0.25, -0.2) is 4.79 Å². The van der Waals surface area contributed by atoms with Gasteiger partial charge in [0.1, 0.15) is 5.75 Å². The molecule has 1 fully saturated rings. The summed E-state index contributed by atoms with van der Waals surface area (Å²) < 4.78 is 6.19. The van der Waals surface area contributed by atoms with Gasteiger partial charge in [0, 0.05) is 17.7 Å². The molecule has 0 saturated carbocycles. The third-order valence-corrected chi connectivity index (χ3v) is 4.20. The number of urea groups is 1. The standard InChI is InChI=1S/C17H16N2O2/c1-17-11-14(13-9-5-6-10-15(13)21-17)18-16(20)19(17)12-7-3-2-4-8-12/h2-10,14H,11H2,1H3,(H,18,20)/t14-,17-/m1/s1. The lowest BCUT2D eigenvalue weighted by Crippen LogP contribution is -2.65. The van der Waals surface area contributed by atoms with Crippen molar-refractivity contribution >= 4 is 11.7 Å². The van der Waals surface area contributed by atoms with Crippen molar-refractivity contribution in [3.8, 4) is 5.75 Å². The molecule has 106 valence electrons. The molecule has 0 unspecified atom stereocenters. The molecule has 0 aliphatic carbocycles. The van der Waals surface area contributed by atoms with Gasteiger partial charge in [-0.05, 0) is 25.1 Å². The van der Waals surface area contributed by atoms with Gasteiger partial charge in [-0.1, -0.05) is 36.4 Å². The first kappa shape index (κ1) is 12.3. The summed E-state index contributed by atoms with van der Waals surface area (Å²) in [6, 6.07) is 17.4. The molecule has 0 radical (unpaired) electrons. The number of ether oxygens (including phenoxy) is 1. The minimum Gasteiger partial charge on any atom is -0.467 e. The van der Waals surface area contributed by atoms with E-state index in [1.54, 1.807) is 4.90 Å². The predicted octanol–water partition coefficient (Wildman–Crippen LogP) is 3.46. The van der Waals surface area contributed by atoms with Gasteiger partial charge in [0.05, 0.1) is 6.04 Å². The van der Waals surface area contributed by atoms with Crippen LogP contribution >= 0.6 is 0 Å². The van der Waals surface area contributed by atoms with Gasteiger partial charge in [-0.3, -0.25) is 4.90 Å². The second-order valence-corrected chi connectivity index (χ2v) is 5.69. The zero-order chi connectivity index (χ0) is 14.4. The Morgan fingerprint density at radius 3 is 2.67 bits per heavy atom. The summed E-state index contributed by atoms with van der Waals surface area (Å²) >= 11 is 0. The quantitative estimate of drug-likeness (QED) is 0.869. The van der Waals surface area contributed by atoms with Crippen LogP contribution in [0.5, 0.6) is 5.75 Å². The van der Waals surface area contributed by atoms with E-state index in [4.69, 9.17) is 4.74 Å². The highest BCUT2D eigenvalue weighted by atomic mass is 16.5. The number of fused-ring (bicyclic) bond motifs is 4. The van der Waals surface area contributed by atoms with Crippen LogP contribution < -0.4 is 15.0 Å². The number of rotatable bonds is 1. The number of para-hydroxylation sites is 2. The SMILES string of the molecule is C[C@@]12C[C@@H](NC(=O)N1c1ccccc1)c1ccccc1O2. The Labute approximate surface area is 123 Å². The molecule has 2 amide bonds. The number of carbonyl (C=O) groups is 1. The third kappa shape index (κ3) is 1.79. The summed E-state index contributed by atoms with van der Waals surface area (Å²) in [6.45, 7) is 1.97. The third-order valence-electron chi connectivity index (χ3n) is 4.20. The van der Waals surface area contributed by atoms with E-state index in [1.807, 2.05) is 61.5 Å². The van der Waals surface area contributed by atoms with Crippen molar-refractivity contribution in [1.29, 1.82) is 0 Å². The second kappa shape index (κ2) is 4.25. The number of hydrogen-bond donors (Lipinski definition) is 1. The summed E-state index contributed by atoms with van der Waals surface area (Å²) in [7, 11) is 0. The second-order valence-electron chi connectivity index (χ2n) is 5.69. The van der Waals surface area contributed by atoms with Gasteiger partial charge in [0.25, 0.3) is 0 Å². The Kier molecular flexibility index (Phi) is 2.48. The van der Waals surface area contributed by atoms with E-state index in [0.29, 0.717) is 0 Å². The molecule has 4 rings (SSSR count). The zero-order valence-corrected chi connectivity index (χ0v) is 11.7. The Balaban J connectivity index is 1.82. The van der Waals surface area contributed by atoms with Crippen LogP contribution in [0.4, 0.5) is 10.5 Å². The number of nitrogens with zero attached hydrogens (tertiary/aromatic N) is 1. The first-order valence-electron chi connectivity index (χ1n) is 7.11. The number of amides is 2. The summed E-state index contributed by atoms with van der Waals surface area (Å²) in [5, 5.41) is 3.08. The van der Waals surface area contributed by atoms with Crippen molar-refractivity contribution in [3.05, 3.63) is 60.2 Å². The van der Waals surface area contributed by atoms with Crippen molar-refractivity contribution in [2.45, 2.75) is 25.1 Å². The minimum absolute atomic E-state index is 0.00686. The maximum Gasteiger partial charge on any atom is 0.325 e. The van der Waals surface area contributed by atoms with Gasteiger partial charge in [-0.2, -0.15) is 0 Å². The fourth-order valence-corrected chi connectivity index (χ4v) is 3.29. The largest absolute Gasteiger partial charge is 0.467 e. The van der Waals surface area contributed by atoms with E-state index in [9.17, 15) is 4.79 Å². The highest BCUT2D eigenvalue weighted by Gasteiger charge is 2.49. The van der Waals surface area contributed by atoms with Crippen molar-refractivity contribution in [3.63, 3.8) is 0 Å². The molecular weight excluding hydrogens is 264 g/mol. The van der Waals surface area contributed by atoms with Crippen LogP contribution in [0, 0.1) is 0 Å². The Hall–Kier alpha value is -2.49. The Morgan fingerprint density at radius 1 is 1.14 bits per heavy atom. The zero-order valence-electron chi connectivity index (χ0n) is 11.7. The summed E-state index contributed by atoms with van der Waals surface area (Å²) in [6.07, 6.45) is 0.727. The van der Waals surface area contributed by atoms with Crippen LogP contribution in [0.3, 0.4) is 0 Å². The van der Waals surface area contributed by atoms with E-state index in [1.165, 1.54) is 0 Å². The fourth-order valence-electron chi connectivity index (χ4n) is 3.29. The number of nitrogens with one attached hydrogen (secondary N) is 1. The average Bonchev–Trinajstić information content (AvgIpc) is 2.47. The molecule has 2 atom stereocenters. The number of hydrogen-bond acceptors (Lipinski definition) is 2. The molecule has 2 aromatic rings. The molecule has 2 bridgehead atoms. The molecule has 1 N–H and O–H groups in total. The maximum atomic E-state index is 12.6. The molecule has 2 heterocycles. The topological polar surface area (TPSA) is 41.6 Å². The average molecular weight is 280 g/mol. The van der Waals surface area contributed by atoms with Crippen LogP contribution in [-0.4, -0.2) is 11.8 Å². The summed E-state index contributed by atoms with van der Waals surface area (Å²) in [5.41, 5.74) is 1.23.